The highest BCUT2D eigenvalue weighted by Crippen LogP contribution is 2.37. The summed E-state index contributed by atoms with van der Waals surface area (Å²) in [5, 5.41) is 11.0. The number of hydrogen-bond acceptors (Lipinski definition) is 7. The summed E-state index contributed by atoms with van der Waals surface area (Å²) < 4.78 is 35.3. The summed E-state index contributed by atoms with van der Waals surface area (Å²) in [7, 11) is -0.187. The van der Waals surface area contributed by atoms with Crippen molar-refractivity contribution in [2.24, 2.45) is 11.8 Å². The Bertz CT molecular complexity index is 1190. The minimum Gasteiger partial charge on any atom is -0.495 e. The van der Waals surface area contributed by atoms with E-state index in [1.807, 2.05) is 0 Å². The average Bonchev–Trinajstić information content (AvgIpc) is 3.38. The number of carbonyl (C=O) groups is 2. The van der Waals surface area contributed by atoms with Crippen LogP contribution in [0.15, 0.2) is 42.5 Å². The highest BCUT2D eigenvalue weighted by atomic mass is 32.2. The monoisotopic (exact) mass is 488 g/mol. The van der Waals surface area contributed by atoms with Gasteiger partial charge in [-0.2, -0.15) is 0 Å². The van der Waals surface area contributed by atoms with Gasteiger partial charge in [0.2, 0.25) is 5.91 Å². The van der Waals surface area contributed by atoms with Crippen LogP contribution < -0.4 is 30.7 Å². The number of anilines is 3. The second kappa shape index (κ2) is 9.90. The molecule has 182 valence electrons. The third-order valence-corrected chi connectivity index (χ3v) is 8.58. The number of carbonyl (C=O) groups excluding carboxylic acids is 2. The molecule has 0 spiro atoms. The van der Waals surface area contributed by atoms with Crippen LogP contribution in [0.2, 0.25) is 0 Å². The normalized spacial score (nSPS) is 22.5. The summed E-state index contributed by atoms with van der Waals surface area (Å²) in [6, 6.07) is 11.4. The van der Waals surface area contributed by atoms with E-state index in [1.54, 1.807) is 42.5 Å². The summed E-state index contributed by atoms with van der Waals surface area (Å²) in [4.78, 5) is 25.3. The number of amides is 3. The topological polar surface area (TPSA) is 135 Å². The van der Waals surface area contributed by atoms with Crippen molar-refractivity contribution in [1.82, 2.24) is 5.32 Å². The maximum absolute atomic E-state index is 12.7. The molecule has 2 saturated heterocycles. The Labute approximate surface area is 198 Å². The SMILES string of the molecule is COc1ccccc1NC(=O)Nc1cc(NC(=O)CC2CS(=O)(=O)C3CNCC23)ccc1OC. The second-order valence-electron chi connectivity index (χ2n) is 8.40. The van der Waals surface area contributed by atoms with Gasteiger partial charge in [-0.15, -0.1) is 0 Å². The number of sulfone groups is 1. The summed E-state index contributed by atoms with van der Waals surface area (Å²) in [6.45, 7) is 1.06. The number of benzene rings is 2. The van der Waals surface area contributed by atoms with Crippen LogP contribution in [0.25, 0.3) is 0 Å². The average molecular weight is 489 g/mol. The van der Waals surface area contributed by atoms with E-state index in [-0.39, 0.29) is 29.9 Å². The number of hydrogen-bond donors (Lipinski definition) is 4. The molecule has 4 rings (SSSR count). The van der Waals surface area contributed by atoms with Crippen molar-refractivity contribution in [3.63, 3.8) is 0 Å². The molecule has 4 N–H and O–H groups in total. The van der Waals surface area contributed by atoms with Gasteiger partial charge < -0.3 is 30.7 Å². The van der Waals surface area contributed by atoms with Crippen LogP contribution in [0.4, 0.5) is 21.9 Å². The van der Waals surface area contributed by atoms with E-state index in [0.717, 1.165) is 0 Å². The Hall–Kier alpha value is -3.31. The largest absolute Gasteiger partial charge is 0.495 e. The van der Waals surface area contributed by atoms with E-state index in [0.29, 0.717) is 41.7 Å². The van der Waals surface area contributed by atoms with Crippen molar-refractivity contribution in [2.45, 2.75) is 11.7 Å². The molecule has 0 aromatic heterocycles. The maximum atomic E-state index is 12.7. The van der Waals surface area contributed by atoms with Gasteiger partial charge in [0.15, 0.2) is 9.84 Å². The van der Waals surface area contributed by atoms with Gasteiger partial charge in [-0.05, 0) is 48.7 Å². The Balaban J connectivity index is 1.42. The lowest BCUT2D eigenvalue weighted by atomic mass is 9.90. The highest BCUT2D eigenvalue weighted by Gasteiger charge is 2.49. The quantitative estimate of drug-likeness (QED) is 0.470. The molecule has 3 atom stereocenters. The maximum Gasteiger partial charge on any atom is 0.323 e. The number of methoxy groups -OCH3 is 2. The lowest BCUT2D eigenvalue weighted by molar-refractivity contribution is -0.117. The number of rotatable bonds is 7. The van der Waals surface area contributed by atoms with Gasteiger partial charge in [0.25, 0.3) is 0 Å². The molecule has 0 bridgehead atoms. The number of nitrogens with one attached hydrogen (secondary N) is 4. The Morgan fingerprint density at radius 2 is 1.68 bits per heavy atom. The molecule has 2 fully saturated rings. The lowest BCUT2D eigenvalue weighted by Crippen LogP contribution is -2.24. The highest BCUT2D eigenvalue weighted by molar-refractivity contribution is 7.92. The molecule has 0 radical (unpaired) electrons. The molecular weight excluding hydrogens is 460 g/mol. The molecule has 3 unspecified atom stereocenters. The van der Waals surface area contributed by atoms with Crippen molar-refractivity contribution in [3.05, 3.63) is 42.5 Å². The van der Waals surface area contributed by atoms with Crippen molar-refractivity contribution >= 4 is 38.8 Å². The van der Waals surface area contributed by atoms with Gasteiger partial charge in [-0.1, -0.05) is 12.1 Å². The predicted octanol–water partition coefficient (Wildman–Crippen LogP) is 2.31. The Morgan fingerprint density at radius 3 is 2.44 bits per heavy atom. The first kappa shape index (κ1) is 23.8. The van der Waals surface area contributed by atoms with Crippen molar-refractivity contribution < 1.29 is 27.5 Å². The molecule has 2 aliphatic heterocycles. The Morgan fingerprint density at radius 1 is 0.971 bits per heavy atom. The minimum atomic E-state index is -3.17. The first-order valence-electron chi connectivity index (χ1n) is 10.9. The molecule has 2 aromatic rings. The predicted molar refractivity (Wildman–Crippen MR) is 129 cm³/mol. The first-order valence-corrected chi connectivity index (χ1v) is 12.6. The third kappa shape index (κ3) is 5.10. The molecule has 2 aromatic carbocycles. The van der Waals surface area contributed by atoms with Gasteiger partial charge in [0.05, 0.1) is 36.6 Å². The molecule has 3 amide bonds. The van der Waals surface area contributed by atoms with E-state index < -0.39 is 21.1 Å². The van der Waals surface area contributed by atoms with E-state index in [4.69, 9.17) is 9.47 Å². The van der Waals surface area contributed by atoms with E-state index >= 15 is 0 Å². The molecule has 0 aliphatic carbocycles. The lowest BCUT2D eigenvalue weighted by Gasteiger charge is -2.17. The van der Waals surface area contributed by atoms with Crippen molar-refractivity contribution in [3.8, 4) is 11.5 Å². The molecule has 2 heterocycles. The van der Waals surface area contributed by atoms with Crippen LogP contribution in [0, 0.1) is 11.8 Å². The van der Waals surface area contributed by atoms with Crippen LogP contribution in [0.5, 0.6) is 11.5 Å². The Kier molecular flexibility index (Phi) is 6.94. The third-order valence-electron chi connectivity index (χ3n) is 6.25. The van der Waals surface area contributed by atoms with E-state index in [9.17, 15) is 18.0 Å². The van der Waals surface area contributed by atoms with Crippen molar-refractivity contribution in [1.29, 1.82) is 0 Å². The molecule has 2 aliphatic rings. The van der Waals surface area contributed by atoms with E-state index in [1.165, 1.54) is 14.2 Å². The fraction of sp³-hybridized carbons (Fsp3) is 0.391. The van der Waals surface area contributed by atoms with Gasteiger partial charge in [0.1, 0.15) is 11.5 Å². The summed E-state index contributed by atoms with van der Waals surface area (Å²) in [5.74, 6) is 0.433. The van der Waals surface area contributed by atoms with Crippen LogP contribution in [0.3, 0.4) is 0 Å². The van der Waals surface area contributed by atoms with Crippen LogP contribution in [-0.2, 0) is 14.6 Å². The number of fused-ring (bicyclic) bond motifs is 1. The van der Waals surface area contributed by atoms with Crippen LogP contribution in [0.1, 0.15) is 6.42 Å². The van der Waals surface area contributed by atoms with Crippen LogP contribution >= 0.6 is 0 Å². The molecule has 10 nitrogen and oxygen atoms in total. The first-order chi connectivity index (χ1) is 16.3. The fourth-order valence-electron chi connectivity index (χ4n) is 4.65. The zero-order valence-electron chi connectivity index (χ0n) is 19.0. The van der Waals surface area contributed by atoms with Crippen LogP contribution in [-0.4, -0.2) is 58.7 Å². The molecule has 34 heavy (non-hydrogen) atoms. The smallest absolute Gasteiger partial charge is 0.323 e. The second-order valence-corrected chi connectivity index (χ2v) is 10.7. The summed E-state index contributed by atoms with van der Waals surface area (Å²) in [6.07, 6.45) is 0.116. The van der Waals surface area contributed by atoms with Gasteiger partial charge in [-0.25, -0.2) is 13.2 Å². The molecular formula is C23H28N4O6S. The number of urea groups is 1. The summed E-state index contributed by atoms with van der Waals surface area (Å²) in [5.41, 5.74) is 1.31. The van der Waals surface area contributed by atoms with Gasteiger partial charge in [-0.3, -0.25) is 4.79 Å². The zero-order valence-corrected chi connectivity index (χ0v) is 19.8. The molecule has 11 heteroatoms. The van der Waals surface area contributed by atoms with Crippen molar-refractivity contribution in [2.75, 3.05) is 49.0 Å². The summed E-state index contributed by atoms with van der Waals surface area (Å²) >= 11 is 0. The van der Waals surface area contributed by atoms with E-state index in [2.05, 4.69) is 21.3 Å². The standard InChI is InChI=1S/C23H28N4O6S/c1-32-19-6-4-3-5-17(19)26-23(29)27-18-10-15(7-8-20(18)33-2)25-22(28)9-14-13-34(30,31)21-12-24-11-16(14)21/h3-8,10,14,16,21,24H,9,11-13H2,1-2H3,(H,25,28)(H2,26,27,29). The van der Waals surface area contributed by atoms with Gasteiger partial charge >= 0.3 is 6.03 Å². The fourth-order valence-corrected chi connectivity index (χ4v) is 7.08. The number of para-hydroxylation sites is 2. The molecule has 0 saturated carbocycles. The minimum absolute atomic E-state index is 0.0377. The van der Waals surface area contributed by atoms with Gasteiger partial charge in [0, 0.05) is 18.7 Å². The zero-order chi connectivity index (χ0) is 24.3. The number of ether oxygens (including phenoxy) is 2.